The molecule has 120 valence electrons. The first-order chi connectivity index (χ1) is 10.4. The van der Waals surface area contributed by atoms with E-state index in [2.05, 4.69) is 10.6 Å². The first-order valence-electron chi connectivity index (χ1n) is 7.03. The zero-order chi connectivity index (χ0) is 16.3. The molecule has 1 saturated carbocycles. The van der Waals surface area contributed by atoms with Crippen LogP contribution in [-0.2, 0) is 9.59 Å². The van der Waals surface area contributed by atoms with Gasteiger partial charge in [0, 0.05) is 23.2 Å². The number of hydrogen-bond donors (Lipinski definition) is 3. The van der Waals surface area contributed by atoms with E-state index in [4.69, 9.17) is 0 Å². The Hall–Kier alpha value is -2.02. The fourth-order valence-electron chi connectivity index (χ4n) is 2.65. The Balaban J connectivity index is 1.97. The Bertz CT molecular complexity index is 594. The lowest BCUT2D eigenvalue weighted by atomic mass is 9.86. The summed E-state index contributed by atoms with van der Waals surface area (Å²) in [5.74, 6) is -3.97. The van der Waals surface area contributed by atoms with Gasteiger partial charge in [0.25, 0.3) is 0 Å². The van der Waals surface area contributed by atoms with Crippen LogP contribution in [0.3, 0.4) is 0 Å². The molecule has 2 unspecified atom stereocenters. The van der Waals surface area contributed by atoms with Crippen molar-refractivity contribution in [2.75, 3.05) is 11.9 Å². The summed E-state index contributed by atoms with van der Waals surface area (Å²) in [4.78, 5) is 23.7. The monoisotopic (exact) mass is 312 g/mol. The summed E-state index contributed by atoms with van der Waals surface area (Å²) in [5, 5.41) is 14.2. The number of nitrogens with one attached hydrogen (secondary N) is 2. The second-order valence-corrected chi connectivity index (χ2v) is 5.81. The van der Waals surface area contributed by atoms with Crippen molar-refractivity contribution < 1.29 is 23.5 Å². The van der Waals surface area contributed by atoms with Gasteiger partial charge in [-0.15, -0.1) is 0 Å². The molecule has 2 amide bonds. The van der Waals surface area contributed by atoms with E-state index in [1.807, 2.05) is 6.92 Å². The van der Waals surface area contributed by atoms with Crippen molar-refractivity contribution in [3.05, 3.63) is 29.8 Å². The minimum absolute atomic E-state index is 0.00427. The third kappa shape index (κ3) is 3.41. The minimum Gasteiger partial charge on any atom is -0.396 e. The van der Waals surface area contributed by atoms with Gasteiger partial charge < -0.3 is 15.7 Å². The van der Waals surface area contributed by atoms with Crippen molar-refractivity contribution in [2.24, 2.45) is 5.41 Å². The van der Waals surface area contributed by atoms with Gasteiger partial charge in [0.05, 0.1) is 6.61 Å². The van der Waals surface area contributed by atoms with Gasteiger partial charge >= 0.3 is 11.8 Å². The summed E-state index contributed by atoms with van der Waals surface area (Å²) in [6.07, 6.45) is 2.30. The fourth-order valence-corrected chi connectivity index (χ4v) is 2.65. The molecule has 1 aromatic rings. The average Bonchev–Trinajstić information content (AvgIpc) is 2.84. The molecule has 1 fully saturated rings. The Labute approximate surface area is 126 Å². The van der Waals surface area contributed by atoms with Gasteiger partial charge in [-0.2, -0.15) is 0 Å². The van der Waals surface area contributed by atoms with Gasteiger partial charge in [0.2, 0.25) is 0 Å². The van der Waals surface area contributed by atoms with Crippen molar-refractivity contribution in [3.63, 3.8) is 0 Å². The highest BCUT2D eigenvalue weighted by atomic mass is 19.2. The third-order valence-corrected chi connectivity index (χ3v) is 4.13. The molecular weight excluding hydrogens is 294 g/mol. The summed E-state index contributed by atoms with van der Waals surface area (Å²) in [6.45, 7) is 1.76. The lowest BCUT2D eigenvalue weighted by Gasteiger charge is -2.29. The highest BCUT2D eigenvalue weighted by Crippen LogP contribution is 2.37. The number of halogens is 2. The molecule has 1 aliphatic carbocycles. The molecule has 5 nitrogen and oxygen atoms in total. The number of aliphatic hydroxyl groups excluding tert-OH is 1. The number of hydrogen-bond acceptors (Lipinski definition) is 3. The van der Waals surface area contributed by atoms with Crippen LogP contribution >= 0.6 is 0 Å². The quantitative estimate of drug-likeness (QED) is 0.741. The molecule has 0 saturated heterocycles. The van der Waals surface area contributed by atoms with Crippen LogP contribution in [0.25, 0.3) is 0 Å². The molecule has 7 heteroatoms. The lowest BCUT2D eigenvalue weighted by molar-refractivity contribution is -0.137. The van der Waals surface area contributed by atoms with Crippen LogP contribution in [0, 0.1) is 17.0 Å². The highest BCUT2D eigenvalue weighted by Gasteiger charge is 2.39. The van der Waals surface area contributed by atoms with E-state index >= 15 is 0 Å². The number of benzene rings is 1. The van der Waals surface area contributed by atoms with E-state index in [-0.39, 0.29) is 18.3 Å². The molecule has 1 aliphatic rings. The van der Waals surface area contributed by atoms with Gasteiger partial charge in [-0.3, -0.25) is 9.59 Å². The van der Waals surface area contributed by atoms with Gasteiger partial charge in [0.1, 0.15) is 0 Å². The van der Waals surface area contributed by atoms with E-state index in [1.54, 1.807) is 0 Å². The lowest BCUT2D eigenvalue weighted by Crippen LogP contribution is -2.48. The topological polar surface area (TPSA) is 78.4 Å². The van der Waals surface area contributed by atoms with E-state index in [0.717, 1.165) is 31.0 Å². The molecule has 0 bridgehead atoms. The van der Waals surface area contributed by atoms with Crippen LogP contribution < -0.4 is 10.6 Å². The SMILES string of the molecule is CC1(CO)CCCC1NC(=O)C(=O)Nc1ccc(F)c(F)c1. The Kier molecular flexibility index (Phi) is 4.75. The maximum absolute atomic E-state index is 13.1. The van der Waals surface area contributed by atoms with Crippen LogP contribution in [0.1, 0.15) is 26.2 Å². The number of carbonyl (C=O) groups is 2. The van der Waals surface area contributed by atoms with Gasteiger partial charge in [-0.1, -0.05) is 13.3 Å². The van der Waals surface area contributed by atoms with Gasteiger partial charge in [-0.05, 0) is 25.0 Å². The van der Waals surface area contributed by atoms with E-state index in [9.17, 15) is 23.5 Å². The van der Waals surface area contributed by atoms with E-state index in [1.165, 1.54) is 0 Å². The third-order valence-electron chi connectivity index (χ3n) is 4.13. The van der Waals surface area contributed by atoms with Crippen LogP contribution in [0.5, 0.6) is 0 Å². The van der Waals surface area contributed by atoms with Crippen molar-refractivity contribution in [1.29, 1.82) is 0 Å². The number of rotatable bonds is 3. The van der Waals surface area contributed by atoms with Gasteiger partial charge in [0.15, 0.2) is 11.6 Å². The molecule has 0 heterocycles. The predicted molar refractivity (Wildman–Crippen MR) is 76.0 cm³/mol. The molecule has 1 aromatic carbocycles. The molecule has 22 heavy (non-hydrogen) atoms. The average molecular weight is 312 g/mol. The van der Waals surface area contributed by atoms with Crippen LogP contribution in [0.2, 0.25) is 0 Å². The molecule has 3 N–H and O–H groups in total. The predicted octanol–water partition coefficient (Wildman–Crippen LogP) is 1.57. The first-order valence-corrected chi connectivity index (χ1v) is 7.03. The molecule has 0 spiro atoms. The summed E-state index contributed by atoms with van der Waals surface area (Å²) in [5.41, 5.74) is -0.451. The number of anilines is 1. The van der Waals surface area contributed by atoms with Crippen molar-refractivity contribution >= 4 is 17.5 Å². The van der Waals surface area contributed by atoms with Crippen LogP contribution in [0.4, 0.5) is 14.5 Å². The number of aliphatic hydroxyl groups is 1. The number of carbonyl (C=O) groups excluding carboxylic acids is 2. The van der Waals surface area contributed by atoms with Crippen molar-refractivity contribution in [1.82, 2.24) is 5.32 Å². The minimum atomic E-state index is -1.11. The van der Waals surface area contributed by atoms with Crippen LogP contribution in [-0.4, -0.2) is 29.6 Å². The van der Waals surface area contributed by atoms with Gasteiger partial charge in [-0.25, -0.2) is 8.78 Å². The van der Waals surface area contributed by atoms with Crippen molar-refractivity contribution in [2.45, 2.75) is 32.2 Å². The molecular formula is C15H18F2N2O3. The molecule has 0 aliphatic heterocycles. The molecule has 0 aromatic heterocycles. The van der Waals surface area contributed by atoms with E-state index < -0.39 is 28.9 Å². The second-order valence-electron chi connectivity index (χ2n) is 5.81. The maximum atomic E-state index is 13.1. The standard InChI is InChI=1S/C15H18F2N2O3/c1-15(8-20)6-2-3-12(15)19-14(22)13(21)18-9-4-5-10(16)11(17)7-9/h4-5,7,12,20H,2-3,6,8H2,1H3,(H,18,21)(H,19,22). The van der Waals surface area contributed by atoms with E-state index in [0.29, 0.717) is 6.42 Å². The Morgan fingerprint density at radius 1 is 1.32 bits per heavy atom. The molecule has 2 atom stereocenters. The Morgan fingerprint density at radius 2 is 2.05 bits per heavy atom. The first kappa shape index (κ1) is 16.4. The number of amides is 2. The second kappa shape index (κ2) is 6.39. The molecule has 2 rings (SSSR count). The zero-order valence-electron chi connectivity index (χ0n) is 12.2. The van der Waals surface area contributed by atoms with Crippen LogP contribution in [0.15, 0.2) is 18.2 Å². The maximum Gasteiger partial charge on any atom is 0.313 e. The normalized spacial score (nSPS) is 24.1. The molecule has 0 radical (unpaired) electrons. The summed E-state index contributed by atoms with van der Waals surface area (Å²) >= 11 is 0. The summed E-state index contributed by atoms with van der Waals surface area (Å²) in [7, 11) is 0. The smallest absolute Gasteiger partial charge is 0.313 e. The summed E-state index contributed by atoms with van der Waals surface area (Å²) < 4.78 is 25.9. The van der Waals surface area contributed by atoms with Crippen molar-refractivity contribution in [3.8, 4) is 0 Å². The fraction of sp³-hybridized carbons (Fsp3) is 0.467. The largest absolute Gasteiger partial charge is 0.396 e. The highest BCUT2D eigenvalue weighted by molar-refractivity contribution is 6.39. The summed E-state index contributed by atoms with van der Waals surface area (Å²) in [6, 6.07) is 2.54. The zero-order valence-corrected chi connectivity index (χ0v) is 12.2. The Morgan fingerprint density at radius 3 is 2.68 bits per heavy atom.